The van der Waals surface area contributed by atoms with Crippen LogP contribution in [0.5, 0.6) is 0 Å². The number of carbonyl (C=O) groups excluding carboxylic acids is 2. The molecule has 1 amide bonds. The molecule has 44 heavy (non-hydrogen) atoms. The highest BCUT2D eigenvalue weighted by molar-refractivity contribution is 6.74. The lowest BCUT2D eigenvalue weighted by molar-refractivity contribution is -0.152. The van der Waals surface area contributed by atoms with Crippen molar-refractivity contribution in [3.05, 3.63) is 0 Å². The van der Waals surface area contributed by atoms with E-state index in [0.717, 1.165) is 45.1 Å². The smallest absolute Gasteiger partial charge is 0.306 e. The molecule has 0 fully saturated rings. The maximum Gasteiger partial charge on any atom is 0.306 e. The molecule has 9 heteroatoms. The third-order valence-corrected chi connectivity index (χ3v) is 18.7. The molecule has 0 saturated carbocycles. The van der Waals surface area contributed by atoms with Crippen molar-refractivity contribution in [1.29, 1.82) is 0 Å². The summed E-state index contributed by atoms with van der Waals surface area (Å²) >= 11 is 0. The Balaban J connectivity index is 5.87. The van der Waals surface area contributed by atoms with Gasteiger partial charge in [0.15, 0.2) is 16.6 Å². The van der Waals surface area contributed by atoms with Gasteiger partial charge in [0.25, 0.3) is 0 Å². The van der Waals surface area contributed by atoms with Crippen LogP contribution in [0.1, 0.15) is 126 Å². The highest BCUT2D eigenvalue weighted by Crippen LogP contribution is 2.38. The van der Waals surface area contributed by atoms with Gasteiger partial charge in [0.05, 0.1) is 25.7 Å². The molecule has 262 valence electrons. The summed E-state index contributed by atoms with van der Waals surface area (Å²) in [7, 11) is 0.0423. The van der Waals surface area contributed by atoms with E-state index in [1.807, 2.05) is 4.90 Å². The molecule has 7 nitrogen and oxygen atoms in total. The molecule has 0 aromatic carbocycles. The van der Waals surface area contributed by atoms with E-state index in [2.05, 4.69) is 101 Å². The van der Waals surface area contributed by atoms with Crippen molar-refractivity contribution >= 4 is 28.5 Å². The molecule has 0 aliphatic rings. The first-order valence-electron chi connectivity index (χ1n) is 17.6. The molecule has 0 rings (SSSR count). The average molecular weight is 659 g/mol. The minimum atomic E-state index is -2.06. The molecule has 0 aromatic heterocycles. The molecular formula is C35H74N2O5Si2. The largest absolute Gasteiger partial charge is 0.462 e. The third-order valence-electron chi connectivity index (χ3n) is 9.73. The molecule has 0 aliphatic heterocycles. The summed E-state index contributed by atoms with van der Waals surface area (Å²) in [6.45, 7) is 29.3. The van der Waals surface area contributed by atoms with Gasteiger partial charge in [-0.25, -0.2) is 0 Å². The van der Waals surface area contributed by atoms with Gasteiger partial charge >= 0.3 is 5.97 Å². The summed E-state index contributed by atoms with van der Waals surface area (Å²) in [4.78, 5) is 31.0. The molecule has 0 radical (unpaired) electrons. The van der Waals surface area contributed by atoms with Crippen LogP contribution >= 0.6 is 0 Å². The maximum absolute atomic E-state index is 13.9. The Labute approximate surface area is 275 Å². The fourth-order valence-corrected chi connectivity index (χ4v) is 6.56. The maximum atomic E-state index is 13.9. The summed E-state index contributed by atoms with van der Waals surface area (Å²) in [6, 6.07) is -0.201. The number of nitrogens with zero attached hydrogens (tertiary/aromatic N) is 2. The highest BCUT2D eigenvalue weighted by atomic mass is 28.4. The van der Waals surface area contributed by atoms with Crippen LogP contribution in [0.2, 0.25) is 36.3 Å². The highest BCUT2D eigenvalue weighted by Gasteiger charge is 2.41. The second-order valence-corrected chi connectivity index (χ2v) is 25.8. The zero-order valence-electron chi connectivity index (χ0n) is 31.7. The predicted molar refractivity (Wildman–Crippen MR) is 192 cm³/mol. The number of ether oxygens (including phenoxy) is 1. The van der Waals surface area contributed by atoms with Gasteiger partial charge in [-0.05, 0) is 89.0 Å². The minimum Gasteiger partial charge on any atom is -0.462 e. The molecular weight excluding hydrogens is 585 g/mol. The quantitative estimate of drug-likeness (QED) is 0.0620. The Bertz CT molecular complexity index is 776. The minimum absolute atomic E-state index is 0.00977. The molecule has 0 heterocycles. The van der Waals surface area contributed by atoms with E-state index in [1.54, 1.807) is 0 Å². The predicted octanol–water partition coefficient (Wildman–Crippen LogP) is 9.03. The number of hydrogen-bond donors (Lipinski definition) is 0. The Kier molecular flexibility index (Phi) is 20.1. The van der Waals surface area contributed by atoms with Crippen LogP contribution in [0, 0.1) is 0 Å². The van der Waals surface area contributed by atoms with E-state index in [4.69, 9.17) is 13.6 Å². The number of hydrogen-bond acceptors (Lipinski definition) is 6. The summed E-state index contributed by atoms with van der Waals surface area (Å²) < 4.78 is 19.3. The van der Waals surface area contributed by atoms with Gasteiger partial charge < -0.3 is 23.4 Å². The second kappa shape index (κ2) is 20.5. The van der Waals surface area contributed by atoms with Crippen molar-refractivity contribution in [3.8, 4) is 0 Å². The Hall–Kier alpha value is -0.746. The van der Waals surface area contributed by atoms with Gasteiger partial charge in [-0.15, -0.1) is 0 Å². The fourth-order valence-electron chi connectivity index (χ4n) is 4.47. The van der Waals surface area contributed by atoms with Crippen molar-refractivity contribution in [2.45, 2.75) is 174 Å². The second-order valence-electron chi connectivity index (χ2n) is 16.1. The van der Waals surface area contributed by atoms with Gasteiger partial charge in [0, 0.05) is 13.0 Å². The summed E-state index contributed by atoms with van der Waals surface area (Å²) in [5, 5.41) is 0.126. The zero-order chi connectivity index (χ0) is 34.2. The Morgan fingerprint density at radius 2 is 1.20 bits per heavy atom. The van der Waals surface area contributed by atoms with Crippen LogP contribution in [0.4, 0.5) is 0 Å². The van der Waals surface area contributed by atoms with Crippen molar-refractivity contribution < 1.29 is 23.2 Å². The van der Waals surface area contributed by atoms with Crippen molar-refractivity contribution in [3.63, 3.8) is 0 Å². The lowest BCUT2D eigenvalue weighted by Gasteiger charge is -2.42. The van der Waals surface area contributed by atoms with E-state index < -0.39 is 16.6 Å². The number of amides is 1. The Morgan fingerprint density at radius 1 is 0.682 bits per heavy atom. The fraction of sp³-hybridized carbons (Fsp3) is 0.943. The first-order valence-corrected chi connectivity index (χ1v) is 23.4. The molecule has 0 aliphatic carbocycles. The number of esters is 1. The van der Waals surface area contributed by atoms with Crippen molar-refractivity contribution in [1.82, 2.24) is 9.80 Å². The molecule has 1 unspecified atom stereocenters. The van der Waals surface area contributed by atoms with Gasteiger partial charge in [0.1, 0.15) is 6.10 Å². The van der Waals surface area contributed by atoms with Gasteiger partial charge in [0.2, 0.25) is 5.91 Å². The first-order chi connectivity index (χ1) is 20.2. The van der Waals surface area contributed by atoms with E-state index in [9.17, 15) is 9.59 Å². The molecule has 0 spiro atoms. The normalized spacial score (nSPS) is 13.9. The Morgan fingerprint density at radius 3 is 1.66 bits per heavy atom. The van der Waals surface area contributed by atoms with Crippen LogP contribution in [0.3, 0.4) is 0 Å². The topological polar surface area (TPSA) is 68.3 Å². The summed E-state index contributed by atoms with van der Waals surface area (Å²) in [5.41, 5.74) is 0. The van der Waals surface area contributed by atoms with Gasteiger partial charge in [-0.2, -0.15) is 0 Å². The number of carbonyl (C=O) groups is 2. The number of rotatable bonds is 23. The number of unbranched alkanes of at least 4 members (excludes halogenated alkanes) is 4. The van der Waals surface area contributed by atoms with Crippen LogP contribution < -0.4 is 0 Å². The van der Waals surface area contributed by atoms with E-state index >= 15 is 0 Å². The van der Waals surface area contributed by atoms with Crippen molar-refractivity contribution in [2.24, 2.45) is 0 Å². The van der Waals surface area contributed by atoms with Gasteiger partial charge in [-0.3, -0.25) is 9.59 Å². The standard InChI is InChI=1S/C35H74N2O5Si2/c1-15-17-18-19-23-31(22-16-2)42-33(39)25-24-32(38)37(27-21-20-26-36(9)10)30(28-40-43(11,12)34(3,4)5)29-41-44(13,14)35(6,7)8/h30-31H,15-29H2,1-14H3. The monoisotopic (exact) mass is 659 g/mol. The first kappa shape index (κ1) is 43.3. The molecule has 0 aromatic rings. The SMILES string of the molecule is CCCCCCC(CCC)OC(=O)CCC(=O)N(CCCCN(C)C)C(CO[Si](C)(C)C(C)(C)C)CO[Si](C)(C)C(C)(C)C. The average Bonchev–Trinajstić information content (AvgIpc) is 2.89. The van der Waals surface area contributed by atoms with E-state index in [-0.39, 0.29) is 46.9 Å². The van der Waals surface area contributed by atoms with E-state index in [0.29, 0.717) is 19.8 Å². The summed E-state index contributed by atoms with van der Waals surface area (Å²) in [5.74, 6) is -0.268. The van der Waals surface area contributed by atoms with Crippen molar-refractivity contribution in [2.75, 3.05) is 40.4 Å². The summed E-state index contributed by atoms with van der Waals surface area (Å²) in [6.07, 6.45) is 9.51. The molecule has 1 atom stereocenters. The lowest BCUT2D eigenvalue weighted by Crippen LogP contribution is -2.52. The molecule has 0 bridgehead atoms. The van der Waals surface area contributed by atoms with Crippen LogP contribution in [-0.2, 0) is 23.2 Å². The van der Waals surface area contributed by atoms with Crippen LogP contribution in [0.25, 0.3) is 0 Å². The van der Waals surface area contributed by atoms with Crippen LogP contribution in [0.15, 0.2) is 0 Å². The van der Waals surface area contributed by atoms with E-state index in [1.165, 1.54) is 19.3 Å². The molecule has 0 N–H and O–H groups in total. The lowest BCUT2D eigenvalue weighted by atomic mass is 10.1. The third kappa shape index (κ3) is 17.2. The van der Waals surface area contributed by atoms with Crippen LogP contribution in [-0.4, -0.2) is 90.9 Å². The zero-order valence-corrected chi connectivity index (χ0v) is 33.7. The molecule has 0 saturated heterocycles. The van der Waals surface area contributed by atoms with Gasteiger partial charge in [-0.1, -0.05) is 81.1 Å².